The molecule has 2 N–H and O–H groups in total. The molecular formula is C16H18BrN3O. The molecule has 5 heteroatoms. The summed E-state index contributed by atoms with van der Waals surface area (Å²) in [5.74, 6) is 0.473. The van der Waals surface area contributed by atoms with E-state index in [0.29, 0.717) is 18.3 Å². The number of pyridine rings is 1. The van der Waals surface area contributed by atoms with Gasteiger partial charge in [0.25, 0.3) is 0 Å². The van der Waals surface area contributed by atoms with E-state index in [9.17, 15) is 4.79 Å². The number of rotatable bonds is 5. The van der Waals surface area contributed by atoms with Crippen LogP contribution in [0.1, 0.15) is 19.4 Å². The van der Waals surface area contributed by atoms with Crippen molar-refractivity contribution in [2.24, 2.45) is 0 Å². The summed E-state index contributed by atoms with van der Waals surface area (Å²) < 4.78 is 0.935. The monoisotopic (exact) mass is 347 g/mol. The second kappa shape index (κ2) is 7.22. The molecule has 0 bridgehead atoms. The first-order valence-electron chi connectivity index (χ1n) is 6.80. The summed E-state index contributed by atoms with van der Waals surface area (Å²) in [6.45, 7) is 4.13. The van der Waals surface area contributed by atoms with Crippen molar-refractivity contribution in [1.82, 2.24) is 4.98 Å². The molecule has 2 rings (SSSR count). The van der Waals surface area contributed by atoms with Gasteiger partial charge in [-0.3, -0.25) is 4.79 Å². The minimum Gasteiger partial charge on any atom is -0.382 e. The van der Waals surface area contributed by atoms with Crippen molar-refractivity contribution in [3.8, 4) is 0 Å². The van der Waals surface area contributed by atoms with E-state index < -0.39 is 0 Å². The van der Waals surface area contributed by atoms with Crippen LogP contribution in [0.2, 0.25) is 0 Å². The molecule has 0 saturated carbocycles. The molecule has 0 unspecified atom stereocenters. The molecule has 2 aromatic rings. The van der Waals surface area contributed by atoms with Gasteiger partial charge >= 0.3 is 0 Å². The van der Waals surface area contributed by atoms with Crippen molar-refractivity contribution in [1.29, 1.82) is 0 Å². The van der Waals surface area contributed by atoms with Gasteiger partial charge in [-0.1, -0.05) is 34.1 Å². The molecule has 4 nitrogen and oxygen atoms in total. The molecule has 1 aromatic heterocycles. The molecule has 1 heterocycles. The van der Waals surface area contributed by atoms with Crippen LogP contribution in [0, 0.1) is 0 Å². The molecule has 0 saturated heterocycles. The van der Waals surface area contributed by atoms with Gasteiger partial charge in [-0.15, -0.1) is 0 Å². The summed E-state index contributed by atoms with van der Waals surface area (Å²) in [7, 11) is 0. The number of anilines is 2. The maximum Gasteiger partial charge on any atom is 0.229 e. The minimum absolute atomic E-state index is 0.0843. The fourth-order valence-corrected chi connectivity index (χ4v) is 2.31. The predicted octanol–water partition coefficient (Wildman–Crippen LogP) is 3.85. The van der Waals surface area contributed by atoms with E-state index in [-0.39, 0.29) is 5.91 Å². The zero-order valence-corrected chi connectivity index (χ0v) is 13.6. The van der Waals surface area contributed by atoms with E-state index in [4.69, 9.17) is 0 Å². The van der Waals surface area contributed by atoms with E-state index in [1.54, 1.807) is 12.3 Å². The van der Waals surface area contributed by atoms with Crippen LogP contribution < -0.4 is 10.6 Å². The zero-order valence-electron chi connectivity index (χ0n) is 12.1. The summed E-state index contributed by atoms with van der Waals surface area (Å²) in [6.07, 6.45) is 2.03. The van der Waals surface area contributed by atoms with Crippen LogP contribution in [-0.2, 0) is 11.2 Å². The van der Waals surface area contributed by atoms with Crippen LogP contribution in [0.4, 0.5) is 11.5 Å². The van der Waals surface area contributed by atoms with Gasteiger partial charge in [0, 0.05) is 10.5 Å². The van der Waals surface area contributed by atoms with Crippen LogP contribution in [-0.4, -0.2) is 16.9 Å². The standard InChI is InChI=1S/C16H18BrN3O/c1-11(2)19-13-7-8-15(18-10-13)20-16(21)9-12-5-3-4-6-14(12)17/h3-8,10-11,19H,9H2,1-2H3,(H,18,20,21). The Morgan fingerprint density at radius 1 is 1.24 bits per heavy atom. The van der Waals surface area contributed by atoms with Gasteiger partial charge in [0.1, 0.15) is 5.82 Å². The highest BCUT2D eigenvalue weighted by Crippen LogP contribution is 2.17. The lowest BCUT2D eigenvalue weighted by molar-refractivity contribution is -0.115. The van der Waals surface area contributed by atoms with E-state index in [2.05, 4.69) is 45.4 Å². The second-order valence-corrected chi connectivity index (χ2v) is 5.90. The van der Waals surface area contributed by atoms with Gasteiger partial charge < -0.3 is 10.6 Å². The van der Waals surface area contributed by atoms with Crippen molar-refractivity contribution in [2.45, 2.75) is 26.3 Å². The van der Waals surface area contributed by atoms with Gasteiger partial charge in [0.05, 0.1) is 18.3 Å². The molecule has 0 aliphatic rings. The molecule has 1 amide bonds. The first kappa shape index (κ1) is 15.5. The third kappa shape index (κ3) is 4.86. The lowest BCUT2D eigenvalue weighted by Gasteiger charge is -2.10. The van der Waals surface area contributed by atoms with Gasteiger partial charge in [-0.25, -0.2) is 4.98 Å². The number of hydrogen-bond donors (Lipinski definition) is 2. The minimum atomic E-state index is -0.0843. The summed E-state index contributed by atoms with van der Waals surface area (Å²) in [6, 6.07) is 11.7. The lowest BCUT2D eigenvalue weighted by atomic mass is 10.1. The van der Waals surface area contributed by atoms with Crippen molar-refractivity contribution in [3.63, 3.8) is 0 Å². The molecule has 0 radical (unpaired) electrons. The number of hydrogen-bond acceptors (Lipinski definition) is 3. The Balaban J connectivity index is 1.95. The number of nitrogens with one attached hydrogen (secondary N) is 2. The molecular weight excluding hydrogens is 330 g/mol. The third-order valence-electron chi connectivity index (χ3n) is 2.80. The predicted molar refractivity (Wildman–Crippen MR) is 89.5 cm³/mol. The molecule has 110 valence electrons. The highest BCUT2D eigenvalue weighted by Gasteiger charge is 2.07. The third-order valence-corrected chi connectivity index (χ3v) is 3.57. The Labute approximate surface area is 133 Å². The quantitative estimate of drug-likeness (QED) is 0.863. The number of nitrogens with zero attached hydrogens (tertiary/aromatic N) is 1. The van der Waals surface area contributed by atoms with Crippen molar-refractivity contribution < 1.29 is 4.79 Å². The Bertz CT molecular complexity index is 611. The van der Waals surface area contributed by atoms with Crippen LogP contribution in [0.15, 0.2) is 47.1 Å². The Morgan fingerprint density at radius 2 is 2.00 bits per heavy atom. The number of amides is 1. The van der Waals surface area contributed by atoms with Gasteiger partial charge in [-0.2, -0.15) is 0 Å². The Hall–Kier alpha value is -1.88. The van der Waals surface area contributed by atoms with Crippen LogP contribution in [0.3, 0.4) is 0 Å². The van der Waals surface area contributed by atoms with E-state index in [0.717, 1.165) is 15.7 Å². The van der Waals surface area contributed by atoms with Crippen molar-refractivity contribution >= 4 is 33.3 Å². The Kier molecular flexibility index (Phi) is 5.33. The van der Waals surface area contributed by atoms with Gasteiger partial charge in [0.2, 0.25) is 5.91 Å². The second-order valence-electron chi connectivity index (χ2n) is 5.05. The fraction of sp³-hybridized carbons (Fsp3) is 0.250. The number of benzene rings is 1. The summed E-state index contributed by atoms with van der Waals surface area (Å²) >= 11 is 3.44. The average Bonchev–Trinajstić information content (AvgIpc) is 2.43. The molecule has 1 aromatic carbocycles. The maximum atomic E-state index is 12.0. The van der Waals surface area contributed by atoms with Crippen LogP contribution >= 0.6 is 15.9 Å². The highest BCUT2D eigenvalue weighted by atomic mass is 79.9. The molecule has 0 spiro atoms. The number of aromatic nitrogens is 1. The molecule has 0 atom stereocenters. The number of carbonyl (C=O) groups is 1. The van der Waals surface area contributed by atoms with Crippen LogP contribution in [0.5, 0.6) is 0 Å². The molecule has 0 aliphatic heterocycles. The number of carbonyl (C=O) groups excluding carboxylic acids is 1. The molecule has 21 heavy (non-hydrogen) atoms. The topological polar surface area (TPSA) is 54.0 Å². The normalized spacial score (nSPS) is 10.5. The average molecular weight is 348 g/mol. The summed E-state index contributed by atoms with van der Waals surface area (Å²) in [5.41, 5.74) is 1.89. The van der Waals surface area contributed by atoms with Gasteiger partial charge in [0.15, 0.2) is 0 Å². The van der Waals surface area contributed by atoms with E-state index in [1.807, 2.05) is 30.3 Å². The zero-order chi connectivity index (χ0) is 15.2. The van der Waals surface area contributed by atoms with E-state index >= 15 is 0 Å². The summed E-state index contributed by atoms with van der Waals surface area (Å²) in [5, 5.41) is 6.05. The largest absolute Gasteiger partial charge is 0.382 e. The van der Waals surface area contributed by atoms with Gasteiger partial charge in [-0.05, 0) is 37.6 Å². The molecule has 0 aliphatic carbocycles. The first-order chi connectivity index (χ1) is 10.0. The smallest absolute Gasteiger partial charge is 0.229 e. The SMILES string of the molecule is CC(C)Nc1ccc(NC(=O)Cc2ccccc2Br)nc1. The number of halogens is 1. The van der Waals surface area contributed by atoms with Crippen molar-refractivity contribution in [2.75, 3.05) is 10.6 Å². The van der Waals surface area contributed by atoms with E-state index in [1.165, 1.54) is 0 Å². The Morgan fingerprint density at radius 3 is 2.62 bits per heavy atom. The fourth-order valence-electron chi connectivity index (χ4n) is 1.89. The maximum absolute atomic E-state index is 12.0. The highest BCUT2D eigenvalue weighted by molar-refractivity contribution is 9.10. The first-order valence-corrected chi connectivity index (χ1v) is 7.60. The van der Waals surface area contributed by atoms with Crippen molar-refractivity contribution in [3.05, 3.63) is 52.6 Å². The van der Waals surface area contributed by atoms with Crippen LogP contribution in [0.25, 0.3) is 0 Å². The lowest BCUT2D eigenvalue weighted by Crippen LogP contribution is -2.16. The molecule has 0 fully saturated rings. The summed E-state index contributed by atoms with van der Waals surface area (Å²) in [4.78, 5) is 16.2.